The minimum Gasteiger partial charge on any atom is -0.383 e. The molecule has 20 heavy (non-hydrogen) atoms. The first kappa shape index (κ1) is 16.6. The van der Waals surface area contributed by atoms with Crippen LogP contribution in [0.25, 0.3) is 0 Å². The van der Waals surface area contributed by atoms with Gasteiger partial charge in [-0.1, -0.05) is 19.9 Å². The Kier molecular flexibility index (Phi) is 7.18. The molecule has 0 aliphatic rings. The van der Waals surface area contributed by atoms with Crippen LogP contribution in [0.3, 0.4) is 0 Å². The summed E-state index contributed by atoms with van der Waals surface area (Å²) in [4.78, 5) is 11.3. The van der Waals surface area contributed by atoms with Gasteiger partial charge in [-0.3, -0.25) is 0 Å². The summed E-state index contributed by atoms with van der Waals surface area (Å²) in [5.41, 5.74) is 2.06. The van der Waals surface area contributed by atoms with E-state index in [2.05, 4.69) is 40.6 Å². The van der Waals surface area contributed by atoms with Crippen LogP contribution in [0.15, 0.2) is 18.9 Å². The van der Waals surface area contributed by atoms with Crippen molar-refractivity contribution in [3.05, 3.63) is 30.4 Å². The van der Waals surface area contributed by atoms with E-state index in [4.69, 9.17) is 4.74 Å². The summed E-state index contributed by atoms with van der Waals surface area (Å²) in [6.45, 7) is 11.0. The van der Waals surface area contributed by atoms with Gasteiger partial charge in [-0.15, -0.1) is 6.58 Å². The second kappa shape index (κ2) is 8.66. The summed E-state index contributed by atoms with van der Waals surface area (Å²) in [6, 6.07) is 0. The Morgan fingerprint density at radius 1 is 1.50 bits per heavy atom. The van der Waals surface area contributed by atoms with E-state index in [0.717, 1.165) is 36.8 Å². The number of hydrogen-bond acceptors (Lipinski definition) is 5. The molecule has 0 radical (unpaired) electrons. The molecule has 5 heteroatoms. The molecule has 0 amide bonds. The van der Waals surface area contributed by atoms with Crippen molar-refractivity contribution in [1.29, 1.82) is 0 Å². The van der Waals surface area contributed by atoms with Crippen LogP contribution in [0.1, 0.15) is 31.3 Å². The third kappa shape index (κ3) is 4.58. The summed E-state index contributed by atoms with van der Waals surface area (Å²) in [5.74, 6) is 1.20. The fourth-order valence-electron chi connectivity index (χ4n) is 1.93. The van der Waals surface area contributed by atoms with Gasteiger partial charge in [-0.2, -0.15) is 0 Å². The molecule has 1 rings (SSSR count). The molecule has 0 aromatic carbocycles. The first-order chi connectivity index (χ1) is 9.63. The van der Waals surface area contributed by atoms with E-state index >= 15 is 0 Å². The van der Waals surface area contributed by atoms with Gasteiger partial charge in [0.15, 0.2) is 0 Å². The predicted molar refractivity (Wildman–Crippen MR) is 83.2 cm³/mol. The Hall–Kier alpha value is -1.46. The van der Waals surface area contributed by atoms with E-state index in [1.807, 2.05) is 19.3 Å². The fraction of sp³-hybridized carbons (Fsp3) is 0.600. The molecule has 1 aromatic rings. The van der Waals surface area contributed by atoms with Crippen LogP contribution in [0.4, 0.5) is 5.69 Å². The van der Waals surface area contributed by atoms with E-state index in [-0.39, 0.29) is 0 Å². The highest BCUT2D eigenvalue weighted by Gasteiger charge is 2.14. The van der Waals surface area contributed by atoms with Crippen LogP contribution in [0.2, 0.25) is 0 Å². The van der Waals surface area contributed by atoms with E-state index < -0.39 is 0 Å². The predicted octanol–water partition coefficient (Wildman–Crippen LogP) is 1.96. The van der Waals surface area contributed by atoms with E-state index in [1.54, 1.807) is 7.11 Å². The smallest absolute Gasteiger partial charge is 0.131 e. The first-order valence-corrected chi connectivity index (χ1v) is 6.99. The molecule has 0 bridgehead atoms. The van der Waals surface area contributed by atoms with Gasteiger partial charge in [0.25, 0.3) is 0 Å². The topological polar surface area (TPSA) is 50.3 Å². The van der Waals surface area contributed by atoms with Crippen LogP contribution in [0.5, 0.6) is 0 Å². The standard InChI is InChI=1S/C15H26N4O/c1-6-7-19(8-9-20-5)14-11-17-15(12(2)3)18-13(14)10-16-4/h6,11-12,16H,1,7-10H2,2-5H3. The lowest BCUT2D eigenvalue weighted by molar-refractivity contribution is 0.205. The van der Waals surface area contributed by atoms with Gasteiger partial charge in [0.1, 0.15) is 5.82 Å². The Balaban J connectivity index is 3.07. The van der Waals surface area contributed by atoms with Crippen molar-refractivity contribution in [2.45, 2.75) is 26.3 Å². The van der Waals surface area contributed by atoms with Crippen LogP contribution in [-0.2, 0) is 11.3 Å². The van der Waals surface area contributed by atoms with Gasteiger partial charge in [-0.25, -0.2) is 9.97 Å². The monoisotopic (exact) mass is 278 g/mol. The molecule has 0 fully saturated rings. The summed E-state index contributed by atoms with van der Waals surface area (Å²) in [5, 5.41) is 3.17. The van der Waals surface area contributed by atoms with Crippen molar-refractivity contribution in [1.82, 2.24) is 15.3 Å². The van der Waals surface area contributed by atoms with Crippen molar-refractivity contribution in [2.24, 2.45) is 0 Å². The maximum absolute atomic E-state index is 5.17. The van der Waals surface area contributed by atoms with Crippen LogP contribution in [-0.4, -0.2) is 43.8 Å². The highest BCUT2D eigenvalue weighted by Crippen LogP contribution is 2.20. The van der Waals surface area contributed by atoms with Gasteiger partial charge in [0, 0.05) is 32.7 Å². The van der Waals surface area contributed by atoms with E-state index in [9.17, 15) is 0 Å². The minimum absolute atomic E-state index is 0.325. The normalized spacial score (nSPS) is 10.8. The van der Waals surface area contributed by atoms with Crippen LogP contribution in [0, 0.1) is 0 Å². The Labute approximate surface area is 122 Å². The van der Waals surface area contributed by atoms with Gasteiger partial charge in [-0.05, 0) is 7.05 Å². The first-order valence-electron chi connectivity index (χ1n) is 6.99. The minimum atomic E-state index is 0.325. The molecular formula is C15H26N4O. The lowest BCUT2D eigenvalue weighted by Gasteiger charge is -2.25. The fourth-order valence-corrected chi connectivity index (χ4v) is 1.93. The maximum atomic E-state index is 5.17. The SMILES string of the molecule is C=CCN(CCOC)c1cnc(C(C)C)nc1CNC. The molecule has 1 N–H and O–H groups in total. The van der Waals surface area contributed by atoms with E-state index in [1.165, 1.54) is 0 Å². The summed E-state index contributed by atoms with van der Waals surface area (Å²) < 4.78 is 5.17. The zero-order valence-electron chi connectivity index (χ0n) is 13.0. The molecule has 0 aliphatic heterocycles. The highest BCUT2D eigenvalue weighted by atomic mass is 16.5. The quantitative estimate of drug-likeness (QED) is 0.700. The largest absolute Gasteiger partial charge is 0.383 e. The van der Waals surface area contributed by atoms with Gasteiger partial charge in [0.2, 0.25) is 0 Å². The number of methoxy groups -OCH3 is 1. The molecule has 1 heterocycles. The van der Waals surface area contributed by atoms with Crippen molar-refractivity contribution >= 4 is 5.69 Å². The zero-order chi connectivity index (χ0) is 15.0. The molecule has 0 atom stereocenters. The van der Waals surface area contributed by atoms with Crippen molar-refractivity contribution in [3.63, 3.8) is 0 Å². The van der Waals surface area contributed by atoms with Gasteiger partial charge >= 0.3 is 0 Å². The Morgan fingerprint density at radius 2 is 2.25 bits per heavy atom. The number of anilines is 1. The average Bonchev–Trinajstić information content (AvgIpc) is 2.44. The van der Waals surface area contributed by atoms with Gasteiger partial charge in [0.05, 0.1) is 24.2 Å². The molecule has 0 saturated carbocycles. The third-order valence-corrected chi connectivity index (χ3v) is 2.98. The molecular weight excluding hydrogens is 252 g/mol. The molecule has 5 nitrogen and oxygen atoms in total. The lowest BCUT2D eigenvalue weighted by atomic mass is 10.2. The zero-order valence-corrected chi connectivity index (χ0v) is 13.0. The number of aromatic nitrogens is 2. The molecule has 112 valence electrons. The Bertz CT molecular complexity index is 420. The van der Waals surface area contributed by atoms with Crippen molar-refractivity contribution in [2.75, 3.05) is 38.8 Å². The summed E-state index contributed by atoms with van der Waals surface area (Å²) in [7, 11) is 3.63. The molecule has 0 saturated heterocycles. The number of rotatable bonds is 9. The molecule has 0 unspecified atom stereocenters. The second-order valence-electron chi connectivity index (χ2n) is 4.97. The molecule has 1 aromatic heterocycles. The maximum Gasteiger partial charge on any atom is 0.131 e. The van der Waals surface area contributed by atoms with Crippen LogP contribution >= 0.6 is 0 Å². The second-order valence-corrected chi connectivity index (χ2v) is 4.97. The molecule has 0 aliphatic carbocycles. The Morgan fingerprint density at radius 3 is 2.80 bits per heavy atom. The highest BCUT2D eigenvalue weighted by molar-refractivity contribution is 5.49. The lowest BCUT2D eigenvalue weighted by Crippen LogP contribution is -2.29. The summed E-state index contributed by atoms with van der Waals surface area (Å²) >= 11 is 0. The van der Waals surface area contributed by atoms with Crippen molar-refractivity contribution < 1.29 is 4.74 Å². The number of hydrogen-bond donors (Lipinski definition) is 1. The number of nitrogens with one attached hydrogen (secondary N) is 1. The van der Waals surface area contributed by atoms with Crippen molar-refractivity contribution in [3.8, 4) is 0 Å². The molecule has 0 spiro atoms. The summed E-state index contributed by atoms with van der Waals surface area (Å²) in [6.07, 6.45) is 3.79. The third-order valence-electron chi connectivity index (χ3n) is 2.98. The van der Waals surface area contributed by atoms with Crippen LogP contribution < -0.4 is 10.2 Å². The number of nitrogens with zero attached hydrogens (tertiary/aromatic N) is 3. The average molecular weight is 278 g/mol. The number of ether oxygens (including phenoxy) is 1. The van der Waals surface area contributed by atoms with E-state index in [0.29, 0.717) is 12.5 Å². The van der Waals surface area contributed by atoms with Gasteiger partial charge < -0.3 is 15.0 Å².